The van der Waals surface area contributed by atoms with E-state index in [-0.39, 0.29) is 24.0 Å². The normalized spacial score (nSPS) is 10.4. The molecule has 0 saturated carbocycles. The molecule has 18 heavy (non-hydrogen) atoms. The van der Waals surface area contributed by atoms with Crippen molar-refractivity contribution >= 4 is 17.7 Å². The number of nitrogens with two attached hydrogens (primary N) is 1. The number of nitrogens with zero attached hydrogens (tertiary/aromatic N) is 2. The smallest absolute Gasteiger partial charge is 0.339 e. The van der Waals surface area contributed by atoms with Gasteiger partial charge in [-0.15, -0.1) is 0 Å². The lowest BCUT2D eigenvalue weighted by Gasteiger charge is -2.27. The average molecular weight is 255 g/mol. The second-order valence-electron chi connectivity index (χ2n) is 4.02. The predicted octanol–water partition coefficient (Wildman–Crippen LogP) is 0.619. The lowest BCUT2D eigenvalue weighted by atomic mass is 10.2. The summed E-state index contributed by atoms with van der Waals surface area (Å²) in [6, 6.07) is 0.662. The highest BCUT2D eigenvalue weighted by atomic mass is 19.1. The Bertz CT molecular complexity index is 477. The van der Waals surface area contributed by atoms with Crippen LogP contribution in [0.4, 0.5) is 10.2 Å². The summed E-state index contributed by atoms with van der Waals surface area (Å²) in [5.74, 6) is -2.66. The SMILES string of the molecule is CC(C)N(CC(N)=O)c1ncc(F)cc1C(=O)O. The van der Waals surface area contributed by atoms with Crippen molar-refractivity contribution in [3.63, 3.8) is 0 Å². The summed E-state index contributed by atoms with van der Waals surface area (Å²) in [7, 11) is 0. The van der Waals surface area contributed by atoms with Gasteiger partial charge in [-0.05, 0) is 19.9 Å². The van der Waals surface area contributed by atoms with E-state index in [2.05, 4.69) is 4.98 Å². The van der Waals surface area contributed by atoms with Crippen LogP contribution in [0.3, 0.4) is 0 Å². The molecule has 0 unspecified atom stereocenters. The number of rotatable bonds is 5. The molecule has 1 rings (SSSR count). The van der Waals surface area contributed by atoms with Crippen LogP contribution in [0.2, 0.25) is 0 Å². The van der Waals surface area contributed by atoms with Gasteiger partial charge < -0.3 is 15.7 Å². The van der Waals surface area contributed by atoms with E-state index in [1.54, 1.807) is 13.8 Å². The van der Waals surface area contributed by atoms with E-state index in [0.29, 0.717) is 0 Å². The number of aromatic carboxylic acids is 1. The summed E-state index contributed by atoms with van der Waals surface area (Å²) < 4.78 is 13.0. The molecular formula is C11H14FN3O3. The van der Waals surface area contributed by atoms with E-state index in [1.807, 2.05) is 0 Å². The van der Waals surface area contributed by atoms with Gasteiger partial charge in [-0.25, -0.2) is 14.2 Å². The fraction of sp³-hybridized carbons (Fsp3) is 0.364. The number of pyridine rings is 1. The van der Waals surface area contributed by atoms with Gasteiger partial charge >= 0.3 is 5.97 Å². The topological polar surface area (TPSA) is 96.5 Å². The second kappa shape index (κ2) is 5.44. The average Bonchev–Trinajstić information content (AvgIpc) is 2.25. The highest BCUT2D eigenvalue weighted by Crippen LogP contribution is 2.20. The monoisotopic (exact) mass is 255 g/mol. The first-order valence-electron chi connectivity index (χ1n) is 5.26. The third kappa shape index (κ3) is 3.16. The Morgan fingerprint density at radius 2 is 2.17 bits per heavy atom. The van der Waals surface area contributed by atoms with E-state index in [0.717, 1.165) is 12.3 Å². The molecule has 1 aromatic rings. The number of carbonyl (C=O) groups excluding carboxylic acids is 1. The molecule has 0 fully saturated rings. The number of hydrogen-bond donors (Lipinski definition) is 2. The van der Waals surface area contributed by atoms with Crippen LogP contribution in [0.25, 0.3) is 0 Å². The molecule has 1 aromatic heterocycles. The number of carboxylic acids is 1. The number of aromatic nitrogens is 1. The number of amides is 1. The Hall–Kier alpha value is -2.18. The van der Waals surface area contributed by atoms with E-state index in [9.17, 15) is 14.0 Å². The second-order valence-corrected chi connectivity index (χ2v) is 4.02. The summed E-state index contributed by atoms with van der Waals surface area (Å²) >= 11 is 0. The van der Waals surface area contributed by atoms with Crippen molar-refractivity contribution < 1.29 is 19.1 Å². The molecule has 0 radical (unpaired) electrons. The van der Waals surface area contributed by atoms with Crippen LogP contribution in [-0.2, 0) is 4.79 Å². The lowest BCUT2D eigenvalue weighted by molar-refractivity contribution is -0.116. The zero-order valence-electron chi connectivity index (χ0n) is 10.1. The Balaban J connectivity index is 3.27. The van der Waals surface area contributed by atoms with Crippen molar-refractivity contribution in [1.29, 1.82) is 0 Å². The molecule has 98 valence electrons. The summed E-state index contributed by atoms with van der Waals surface area (Å²) in [5, 5.41) is 9.01. The molecule has 0 aromatic carbocycles. The van der Waals surface area contributed by atoms with Crippen molar-refractivity contribution in [3.8, 4) is 0 Å². The molecule has 3 N–H and O–H groups in total. The van der Waals surface area contributed by atoms with Gasteiger partial charge in [0.25, 0.3) is 0 Å². The molecule has 0 atom stereocenters. The number of hydrogen-bond acceptors (Lipinski definition) is 4. The largest absolute Gasteiger partial charge is 0.478 e. The van der Waals surface area contributed by atoms with Crippen LogP contribution < -0.4 is 10.6 Å². The van der Waals surface area contributed by atoms with Crippen LogP contribution in [0.1, 0.15) is 24.2 Å². The number of halogens is 1. The first kappa shape index (κ1) is 13.9. The Labute approximate surface area is 103 Å². The molecular weight excluding hydrogens is 241 g/mol. The molecule has 6 nitrogen and oxygen atoms in total. The van der Waals surface area contributed by atoms with Gasteiger partial charge in [0, 0.05) is 6.04 Å². The number of primary amides is 1. The van der Waals surface area contributed by atoms with E-state index in [1.165, 1.54) is 4.90 Å². The van der Waals surface area contributed by atoms with Crippen molar-refractivity contribution in [2.45, 2.75) is 19.9 Å². The summed E-state index contributed by atoms with van der Waals surface area (Å²) in [5.41, 5.74) is 4.79. The van der Waals surface area contributed by atoms with Gasteiger partial charge in [0.15, 0.2) is 0 Å². The predicted molar refractivity (Wildman–Crippen MR) is 62.8 cm³/mol. The van der Waals surface area contributed by atoms with Crippen molar-refractivity contribution in [3.05, 3.63) is 23.6 Å². The maximum absolute atomic E-state index is 13.0. The quantitative estimate of drug-likeness (QED) is 0.803. The fourth-order valence-corrected chi connectivity index (χ4v) is 1.49. The molecule has 0 bridgehead atoms. The van der Waals surface area contributed by atoms with E-state index >= 15 is 0 Å². The molecule has 1 amide bonds. The van der Waals surface area contributed by atoms with Gasteiger partial charge in [-0.3, -0.25) is 4.79 Å². The number of anilines is 1. The minimum Gasteiger partial charge on any atom is -0.478 e. The van der Waals surface area contributed by atoms with Crippen molar-refractivity contribution in [1.82, 2.24) is 4.98 Å². The van der Waals surface area contributed by atoms with Crippen LogP contribution in [0.15, 0.2) is 12.3 Å². The molecule has 0 spiro atoms. The highest BCUT2D eigenvalue weighted by molar-refractivity contribution is 5.94. The Morgan fingerprint density at radius 3 is 2.61 bits per heavy atom. The molecule has 1 heterocycles. The van der Waals surface area contributed by atoms with Gasteiger partial charge in [0.05, 0.1) is 12.7 Å². The summed E-state index contributed by atoms with van der Waals surface area (Å²) in [6.45, 7) is 3.32. The fourth-order valence-electron chi connectivity index (χ4n) is 1.49. The number of carbonyl (C=O) groups is 2. The van der Waals surface area contributed by atoms with E-state index in [4.69, 9.17) is 10.8 Å². The minimum absolute atomic E-state index is 0.0256. The van der Waals surface area contributed by atoms with Crippen LogP contribution >= 0.6 is 0 Å². The first-order chi connectivity index (χ1) is 8.32. The minimum atomic E-state index is -1.31. The maximum atomic E-state index is 13.0. The Morgan fingerprint density at radius 1 is 1.56 bits per heavy atom. The van der Waals surface area contributed by atoms with Crippen molar-refractivity contribution in [2.75, 3.05) is 11.4 Å². The van der Waals surface area contributed by atoms with E-state index < -0.39 is 17.7 Å². The van der Waals surface area contributed by atoms with Gasteiger partial charge in [0.1, 0.15) is 17.2 Å². The van der Waals surface area contributed by atoms with Crippen molar-refractivity contribution in [2.24, 2.45) is 5.73 Å². The molecule has 0 saturated heterocycles. The third-order valence-electron chi connectivity index (χ3n) is 2.29. The standard InChI is InChI=1S/C11H14FN3O3/c1-6(2)15(5-9(13)16)10-8(11(17)18)3-7(12)4-14-10/h3-4,6H,5H2,1-2H3,(H2,13,16)(H,17,18). The zero-order chi connectivity index (χ0) is 13.9. The van der Waals surface area contributed by atoms with Crippen LogP contribution in [-0.4, -0.2) is 34.6 Å². The molecule has 0 aliphatic heterocycles. The van der Waals surface area contributed by atoms with Gasteiger partial charge in [-0.2, -0.15) is 0 Å². The highest BCUT2D eigenvalue weighted by Gasteiger charge is 2.22. The third-order valence-corrected chi connectivity index (χ3v) is 2.29. The molecule has 7 heteroatoms. The summed E-state index contributed by atoms with van der Waals surface area (Å²) in [6.07, 6.45) is 0.901. The summed E-state index contributed by atoms with van der Waals surface area (Å²) in [4.78, 5) is 27.1. The Kier molecular flexibility index (Phi) is 4.19. The lowest BCUT2D eigenvalue weighted by Crippen LogP contribution is -2.40. The van der Waals surface area contributed by atoms with Gasteiger partial charge in [0.2, 0.25) is 5.91 Å². The van der Waals surface area contributed by atoms with Crippen LogP contribution in [0, 0.1) is 5.82 Å². The number of carboxylic acid groups (broad SMARTS) is 1. The first-order valence-corrected chi connectivity index (χ1v) is 5.26. The molecule has 0 aliphatic carbocycles. The maximum Gasteiger partial charge on any atom is 0.339 e. The van der Waals surface area contributed by atoms with Gasteiger partial charge in [-0.1, -0.05) is 0 Å². The zero-order valence-corrected chi connectivity index (χ0v) is 10.1. The van der Waals surface area contributed by atoms with Crippen LogP contribution in [0.5, 0.6) is 0 Å². The molecule has 0 aliphatic rings.